The van der Waals surface area contributed by atoms with Gasteiger partial charge >= 0.3 is 0 Å². The van der Waals surface area contributed by atoms with Crippen LogP contribution in [0.4, 0.5) is 5.95 Å². The van der Waals surface area contributed by atoms with Gasteiger partial charge in [0, 0.05) is 24.5 Å². The van der Waals surface area contributed by atoms with E-state index in [1.54, 1.807) is 11.8 Å². The van der Waals surface area contributed by atoms with E-state index < -0.39 is 0 Å². The van der Waals surface area contributed by atoms with E-state index in [9.17, 15) is 4.79 Å². The third kappa shape index (κ3) is 5.47. The summed E-state index contributed by atoms with van der Waals surface area (Å²) in [7, 11) is 0. The number of hydrogen-bond donors (Lipinski definition) is 1. The minimum Gasteiger partial charge on any atom is -0.342 e. The summed E-state index contributed by atoms with van der Waals surface area (Å²) in [5, 5.41) is 3.31. The molecule has 1 saturated heterocycles. The van der Waals surface area contributed by atoms with Gasteiger partial charge in [0.15, 0.2) is 0 Å². The van der Waals surface area contributed by atoms with Gasteiger partial charge in [0.25, 0.3) is 0 Å². The van der Waals surface area contributed by atoms with Crippen molar-refractivity contribution in [1.29, 1.82) is 0 Å². The van der Waals surface area contributed by atoms with Crippen LogP contribution in [-0.4, -0.2) is 51.9 Å². The fourth-order valence-electron chi connectivity index (χ4n) is 3.82. The second-order valence-corrected chi connectivity index (χ2v) is 8.45. The van der Waals surface area contributed by atoms with Gasteiger partial charge in [-0.1, -0.05) is 30.3 Å². The molecule has 0 bridgehead atoms. The molecular formula is C22H30N4OS. The quantitative estimate of drug-likeness (QED) is 0.763. The van der Waals surface area contributed by atoms with Crippen molar-refractivity contribution in [2.75, 3.05) is 30.4 Å². The number of hydrogen-bond acceptors (Lipinski definition) is 5. The maximum Gasteiger partial charge on any atom is 0.245 e. The van der Waals surface area contributed by atoms with Crippen molar-refractivity contribution in [3.05, 3.63) is 53.3 Å². The van der Waals surface area contributed by atoms with E-state index in [-0.39, 0.29) is 11.9 Å². The highest BCUT2D eigenvalue weighted by Gasteiger charge is 2.29. The van der Waals surface area contributed by atoms with Crippen LogP contribution in [0.15, 0.2) is 36.4 Å². The molecule has 1 aliphatic heterocycles. The Balaban J connectivity index is 1.64. The minimum atomic E-state index is -0.276. The summed E-state index contributed by atoms with van der Waals surface area (Å²) in [6.07, 6.45) is 4.88. The molecule has 0 aliphatic carbocycles. The van der Waals surface area contributed by atoms with Crippen molar-refractivity contribution >= 4 is 23.6 Å². The molecule has 150 valence electrons. The summed E-state index contributed by atoms with van der Waals surface area (Å²) in [4.78, 5) is 24.2. The van der Waals surface area contributed by atoms with Crippen LogP contribution in [0.2, 0.25) is 0 Å². The summed E-state index contributed by atoms with van der Waals surface area (Å²) >= 11 is 1.76. The van der Waals surface area contributed by atoms with E-state index in [1.165, 1.54) is 5.56 Å². The molecule has 1 fully saturated rings. The number of nitrogens with one attached hydrogen (secondary N) is 1. The van der Waals surface area contributed by atoms with Gasteiger partial charge < -0.3 is 10.2 Å². The highest BCUT2D eigenvalue weighted by Crippen LogP contribution is 2.28. The highest BCUT2D eigenvalue weighted by molar-refractivity contribution is 7.98. The first kappa shape index (κ1) is 20.6. The Morgan fingerprint density at radius 2 is 1.82 bits per heavy atom. The third-order valence-corrected chi connectivity index (χ3v) is 5.92. The molecule has 1 aromatic carbocycles. The molecule has 1 aromatic heterocycles. The van der Waals surface area contributed by atoms with E-state index in [1.807, 2.05) is 24.8 Å². The number of anilines is 1. The number of benzene rings is 1. The second-order valence-electron chi connectivity index (χ2n) is 7.46. The topological polar surface area (TPSA) is 58.1 Å². The molecule has 0 saturated carbocycles. The number of carbonyl (C=O) groups is 1. The number of piperidine rings is 1. The summed E-state index contributed by atoms with van der Waals surface area (Å²) in [6.45, 7) is 5.52. The lowest BCUT2D eigenvalue weighted by Crippen LogP contribution is -2.46. The van der Waals surface area contributed by atoms with Crippen LogP contribution in [0.1, 0.15) is 42.1 Å². The van der Waals surface area contributed by atoms with Gasteiger partial charge in [0.1, 0.15) is 6.04 Å². The van der Waals surface area contributed by atoms with Crippen molar-refractivity contribution in [3.63, 3.8) is 0 Å². The largest absolute Gasteiger partial charge is 0.342 e. The lowest BCUT2D eigenvalue weighted by atomic mass is 9.89. The molecule has 2 aromatic rings. The average molecular weight is 399 g/mol. The van der Waals surface area contributed by atoms with Gasteiger partial charge in [0.2, 0.25) is 11.9 Å². The monoisotopic (exact) mass is 398 g/mol. The number of aryl methyl sites for hydroxylation is 2. The smallest absolute Gasteiger partial charge is 0.245 e. The van der Waals surface area contributed by atoms with Crippen molar-refractivity contribution in [1.82, 2.24) is 14.9 Å². The lowest BCUT2D eigenvalue weighted by molar-refractivity contribution is -0.133. The zero-order valence-corrected chi connectivity index (χ0v) is 17.8. The van der Waals surface area contributed by atoms with Crippen molar-refractivity contribution in [2.45, 2.75) is 45.1 Å². The first-order valence-electron chi connectivity index (χ1n) is 9.98. The van der Waals surface area contributed by atoms with E-state index in [2.05, 4.69) is 51.9 Å². The van der Waals surface area contributed by atoms with Gasteiger partial charge in [0.05, 0.1) is 0 Å². The molecule has 1 N–H and O–H groups in total. The maximum atomic E-state index is 13.2. The molecule has 28 heavy (non-hydrogen) atoms. The summed E-state index contributed by atoms with van der Waals surface area (Å²) < 4.78 is 0. The van der Waals surface area contributed by atoms with Gasteiger partial charge in [-0.15, -0.1) is 0 Å². The molecule has 1 amide bonds. The Hall–Kier alpha value is -2.08. The molecule has 6 heteroatoms. The van der Waals surface area contributed by atoms with Crippen LogP contribution >= 0.6 is 11.8 Å². The summed E-state index contributed by atoms with van der Waals surface area (Å²) in [5.41, 5.74) is 3.21. The molecular weight excluding hydrogens is 368 g/mol. The Morgan fingerprint density at radius 3 is 2.43 bits per heavy atom. The van der Waals surface area contributed by atoms with Gasteiger partial charge in [-0.2, -0.15) is 11.8 Å². The maximum absolute atomic E-state index is 13.2. The predicted octanol–water partition coefficient (Wildman–Crippen LogP) is 4.03. The van der Waals surface area contributed by atoms with E-state index in [0.717, 1.165) is 49.5 Å². The Labute approximate surface area is 172 Å². The number of rotatable bonds is 7. The lowest BCUT2D eigenvalue weighted by Gasteiger charge is -2.34. The highest BCUT2D eigenvalue weighted by atomic mass is 32.2. The van der Waals surface area contributed by atoms with Crippen LogP contribution in [0.5, 0.6) is 0 Å². The molecule has 1 aliphatic rings. The second kappa shape index (κ2) is 9.92. The SMILES string of the molecule is CSCCC(Nc1nc(C)cc(C)n1)C(=O)N1CCC(c2ccccc2)CC1. The molecule has 2 heterocycles. The Kier molecular flexibility index (Phi) is 7.31. The predicted molar refractivity (Wildman–Crippen MR) is 117 cm³/mol. The van der Waals surface area contributed by atoms with Crippen LogP contribution in [0.25, 0.3) is 0 Å². The minimum absolute atomic E-state index is 0.170. The molecule has 0 radical (unpaired) electrons. The Morgan fingerprint density at radius 1 is 1.18 bits per heavy atom. The number of carbonyl (C=O) groups excluding carboxylic acids is 1. The summed E-state index contributed by atoms with van der Waals surface area (Å²) in [5.74, 6) is 2.19. The zero-order valence-electron chi connectivity index (χ0n) is 17.0. The van der Waals surface area contributed by atoms with Gasteiger partial charge in [-0.3, -0.25) is 4.79 Å². The van der Waals surface area contributed by atoms with E-state index in [0.29, 0.717) is 11.9 Å². The van der Waals surface area contributed by atoms with Crippen molar-refractivity contribution in [2.24, 2.45) is 0 Å². The Bertz CT molecular complexity index is 755. The molecule has 3 rings (SSSR count). The fourth-order valence-corrected chi connectivity index (χ4v) is 4.29. The third-order valence-electron chi connectivity index (χ3n) is 5.27. The van der Waals surface area contributed by atoms with Crippen molar-refractivity contribution < 1.29 is 4.79 Å². The fraction of sp³-hybridized carbons (Fsp3) is 0.500. The molecule has 1 atom stereocenters. The summed E-state index contributed by atoms with van der Waals surface area (Å²) in [6, 6.07) is 12.3. The van der Waals surface area contributed by atoms with Crippen LogP contribution in [0.3, 0.4) is 0 Å². The molecule has 5 nitrogen and oxygen atoms in total. The molecule has 1 unspecified atom stereocenters. The normalized spacial score (nSPS) is 16.0. The zero-order chi connectivity index (χ0) is 19.9. The van der Waals surface area contributed by atoms with E-state index >= 15 is 0 Å². The number of thioether (sulfide) groups is 1. The number of amides is 1. The first-order valence-corrected chi connectivity index (χ1v) is 11.4. The van der Waals surface area contributed by atoms with Gasteiger partial charge in [-0.25, -0.2) is 9.97 Å². The van der Waals surface area contributed by atoms with E-state index in [4.69, 9.17) is 0 Å². The van der Waals surface area contributed by atoms with Crippen molar-refractivity contribution in [3.8, 4) is 0 Å². The first-order chi connectivity index (χ1) is 13.6. The molecule has 0 spiro atoms. The average Bonchev–Trinajstić information content (AvgIpc) is 2.70. The van der Waals surface area contributed by atoms with Gasteiger partial charge in [-0.05, 0) is 62.7 Å². The standard InChI is InChI=1S/C22H30N4OS/c1-16-15-17(2)24-22(23-16)25-20(11-14-28-3)21(27)26-12-9-19(10-13-26)18-7-5-4-6-8-18/h4-8,15,19-20H,9-14H2,1-3H3,(H,23,24,25). The van der Waals surface area contributed by atoms with Crippen LogP contribution in [-0.2, 0) is 4.79 Å². The van der Waals surface area contributed by atoms with Crippen LogP contribution in [0, 0.1) is 13.8 Å². The van der Waals surface area contributed by atoms with Crippen LogP contribution < -0.4 is 5.32 Å². The number of nitrogens with zero attached hydrogens (tertiary/aromatic N) is 3. The number of aromatic nitrogens is 2. The number of likely N-dealkylation sites (tertiary alicyclic amines) is 1.